The molecule has 24 heavy (non-hydrogen) atoms. The average Bonchev–Trinajstić information content (AvgIpc) is 2.94. The number of hydrogen-bond acceptors (Lipinski definition) is 3. The molecule has 1 aromatic carbocycles. The molecular weight excluding hydrogens is 321 g/mol. The molecule has 0 unspecified atom stereocenters. The third-order valence-electron chi connectivity index (χ3n) is 3.35. The highest BCUT2D eigenvalue weighted by atomic mass is 19.4. The number of nitrogens with two attached hydrogens (primary N) is 1. The number of hydrogen-bond donors (Lipinski definition) is 2. The molecule has 5 nitrogen and oxygen atoms in total. The van der Waals surface area contributed by atoms with Crippen molar-refractivity contribution < 1.29 is 18.0 Å². The fraction of sp³-hybridized carbons (Fsp3) is 0.375. The summed E-state index contributed by atoms with van der Waals surface area (Å²) < 4.78 is 39.5. The highest BCUT2D eigenvalue weighted by Crippen LogP contribution is 2.30. The Hall–Kier alpha value is -2.35. The summed E-state index contributed by atoms with van der Waals surface area (Å²) in [6, 6.07) is 4.13. The van der Waals surface area contributed by atoms with E-state index < -0.39 is 17.8 Å². The van der Waals surface area contributed by atoms with E-state index in [2.05, 4.69) is 10.4 Å². The molecule has 0 saturated heterocycles. The van der Waals surface area contributed by atoms with Crippen LogP contribution in [0.2, 0.25) is 0 Å². The fourth-order valence-electron chi connectivity index (χ4n) is 2.20. The van der Waals surface area contributed by atoms with Crippen LogP contribution in [-0.2, 0) is 11.0 Å². The van der Waals surface area contributed by atoms with Crippen molar-refractivity contribution in [2.75, 3.05) is 5.32 Å². The van der Waals surface area contributed by atoms with Gasteiger partial charge in [-0.3, -0.25) is 4.79 Å². The lowest BCUT2D eigenvalue weighted by molar-refractivity contribution is -0.137. The van der Waals surface area contributed by atoms with Crippen LogP contribution in [0.5, 0.6) is 0 Å². The van der Waals surface area contributed by atoms with E-state index in [0.717, 1.165) is 12.1 Å². The highest BCUT2D eigenvalue weighted by molar-refractivity contribution is 5.94. The van der Waals surface area contributed by atoms with E-state index in [0.29, 0.717) is 12.1 Å². The highest BCUT2D eigenvalue weighted by Gasteiger charge is 2.30. The molecule has 1 aromatic heterocycles. The summed E-state index contributed by atoms with van der Waals surface area (Å²) in [4.78, 5) is 12.0. The van der Waals surface area contributed by atoms with Gasteiger partial charge in [0.15, 0.2) is 0 Å². The van der Waals surface area contributed by atoms with Gasteiger partial charge in [-0.15, -0.1) is 0 Å². The minimum Gasteiger partial charge on any atom is -0.322 e. The molecule has 0 fully saturated rings. The van der Waals surface area contributed by atoms with Gasteiger partial charge in [-0.2, -0.15) is 18.3 Å². The molecule has 1 amide bonds. The Bertz CT molecular complexity index is 709. The zero-order valence-corrected chi connectivity index (χ0v) is 13.3. The van der Waals surface area contributed by atoms with Crippen LogP contribution >= 0.6 is 0 Å². The number of benzene rings is 1. The molecule has 130 valence electrons. The summed E-state index contributed by atoms with van der Waals surface area (Å²) in [5.41, 5.74) is 5.64. The molecule has 1 heterocycles. The summed E-state index contributed by atoms with van der Waals surface area (Å²) in [6.07, 6.45) is -1.09. The van der Waals surface area contributed by atoms with Crippen molar-refractivity contribution in [2.24, 2.45) is 11.7 Å². The first-order valence-corrected chi connectivity index (χ1v) is 7.45. The van der Waals surface area contributed by atoms with Crippen LogP contribution in [0.4, 0.5) is 18.9 Å². The number of amides is 1. The van der Waals surface area contributed by atoms with Gasteiger partial charge in [0.05, 0.1) is 35.4 Å². The van der Waals surface area contributed by atoms with E-state index in [1.54, 1.807) is 0 Å². The predicted octanol–water partition coefficient (Wildman–Crippen LogP) is 3.20. The lowest BCUT2D eigenvalue weighted by atomic mass is 10.0. The second kappa shape index (κ2) is 7.04. The van der Waals surface area contributed by atoms with Gasteiger partial charge in [-0.05, 0) is 30.5 Å². The lowest BCUT2D eigenvalue weighted by Gasteiger charge is -2.13. The van der Waals surface area contributed by atoms with E-state index in [1.807, 2.05) is 13.8 Å². The van der Waals surface area contributed by atoms with Gasteiger partial charge in [0.2, 0.25) is 5.91 Å². The Morgan fingerprint density at radius 2 is 2.08 bits per heavy atom. The summed E-state index contributed by atoms with van der Waals surface area (Å²) >= 11 is 0. The van der Waals surface area contributed by atoms with Crippen LogP contribution in [0.15, 0.2) is 36.7 Å². The first-order chi connectivity index (χ1) is 11.2. The number of carbonyl (C=O) groups excluding carboxylic acids is 1. The van der Waals surface area contributed by atoms with Crippen molar-refractivity contribution in [3.63, 3.8) is 0 Å². The van der Waals surface area contributed by atoms with Crippen molar-refractivity contribution >= 4 is 11.6 Å². The third-order valence-corrected chi connectivity index (χ3v) is 3.35. The molecule has 2 rings (SSSR count). The first-order valence-electron chi connectivity index (χ1n) is 7.45. The number of halogens is 3. The topological polar surface area (TPSA) is 72.9 Å². The number of rotatable bonds is 5. The van der Waals surface area contributed by atoms with E-state index >= 15 is 0 Å². The van der Waals surface area contributed by atoms with Gasteiger partial charge in [-0.1, -0.05) is 19.9 Å². The maximum absolute atomic E-state index is 12.8. The molecule has 0 radical (unpaired) electrons. The number of alkyl halides is 3. The first kappa shape index (κ1) is 18.0. The molecule has 0 saturated carbocycles. The van der Waals surface area contributed by atoms with Crippen LogP contribution in [0, 0.1) is 5.92 Å². The molecule has 3 N–H and O–H groups in total. The second-order valence-corrected chi connectivity index (χ2v) is 5.95. The minimum absolute atomic E-state index is 0.247. The van der Waals surface area contributed by atoms with E-state index in [1.165, 1.54) is 29.2 Å². The van der Waals surface area contributed by atoms with E-state index in [-0.39, 0.29) is 17.5 Å². The van der Waals surface area contributed by atoms with Crippen LogP contribution in [-0.4, -0.2) is 21.7 Å². The zero-order chi connectivity index (χ0) is 17.9. The number of nitrogens with one attached hydrogen (secondary N) is 1. The van der Waals surface area contributed by atoms with Crippen LogP contribution in [0.3, 0.4) is 0 Å². The summed E-state index contributed by atoms with van der Waals surface area (Å²) in [7, 11) is 0. The monoisotopic (exact) mass is 340 g/mol. The predicted molar refractivity (Wildman–Crippen MR) is 84.6 cm³/mol. The zero-order valence-electron chi connectivity index (χ0n) is 13.3. The molecule has 1 atom stereocenters. The quantitative estimate of drug-likeness (QED) is 0.878. The van der Waals surface area contributed by atoms with Crippen LogP contribution in [0.25, 0.3) is 5.69 Å². The molecule has 2 aromatic rings. The SMILES string of the molecule is CC(C)C[C@H](N)C(=O)Nc1cnn(-c2cccc(C(F)(F)F)c2)c1. The Labute approximate surface area is 137 Å². The van der Waals surface area contributed by atoms with Crippen LogP contribution in [0.1, 0.15) is 25.8 Å². The standard InChI is InChI=1S/C16H19F3N4O/c1-10(2)6-14(20)15(24)22-12-8-21-23(9-12)13-5-3-4-11(7-13)16(17,18)19/h3-5,7-10,14H,6,20H2,1-2H3,(H,22,24)/t14-/m0/s1. The Kier molecular flexibility index (Phi) is 5.28. The molecular formula is C16H19F3N4O. The Balaban J connectivity index is 2.12. The third kappa shape index (κ3) is 4.58. The Morgan fingerprint density at radius 3 is 2.71 bits per heavy atom. The maximum Gasteiger partial charge on any atom is 0.416 e. The average molecular weight is 340 g/mol. The number of nitrogens with zero attached hydrogens (tertiary/aromatic N) is 2. The lowest BCUT2D eigenvalue weighted by Crippen LogP contribution is -2.36. The molecule has 0 aliphatic carbocycles. The van der Waals surface area contributed by atoms with Crippen molar-refractivity contribution in [3.8, 4) is 5.69 Å². The van der Waals surface area contributed by atoms with Gasteiger partial charge in [0, 0.05) is 0 Å². The summed E-state index contributed by atoms with van der Waals surface area (Å²) in [5, 5.41) is 6.59. The van der Waals surface area contributed by atoms with Crippen molar-refractivity contribution in [1.29, 1.82) is 0 Å². The molecule has 0 spiro atoms. The van der Waals surface area contributed by atoms with Gasteiger partial charge in [0.25, 0.3) is 0 Å². The van der Waals surface area contributed by atoms with Crippen molar-refractivity contribution in [2.45, 2.75) is 32.5 Å². The van der Waals surface area contributed by atoms with E-state index in [9.17, 15) is 18.0 Å². The molecule has 0 aliphatic heterocycles. The van der Waals surface area contributed by atoms with E-state index in [4.69, 9.17) is 5.73 Å². The maximum atomic E-state index is 12.8. The Morgan fingerprint density at radius 1 is 1.38 bits per heavy atom. The summed E-state index contributed by atoms with van der Waals surface area (Å²) in [5.74, 6) is -0.0779. The molecule has 0 bridgehead atoms. The van der Waals surface area contributed by atoms with Gasteiger partial charge < -0.3 is 11.1 Å². The van der Waals surface area contributed by atoms with Gasteiger partial charge in [-0.25, -0.2) is 4.68 Å². The normalized spacial score (nSPS) is 13.1. The second-order valence-electron chi connectivity index (χ2n) is 5.95. The smallest absolute Gasteiger partial charge is 0.322 e. The number of carbonyl (C=O) groups is 1. The summed E-state index contributed by atoms with van der Waals surface area (Å²) in [6.45, 7) is 3.91. The number of anilines is 1. The molecule has 0 aliphatic rings. The van der Waals surface area contributed by atoms with Gasteiger partial charge >= 0.3 is 6.18 Å². The van der Waals surface area contributed by atoms with Gasteiger partial charge in [0.1, 0.15) is 0 Å². The fourth-order valence-corrected chi connectivity index (χ4v) is 2.20. The van der Waals surface area contributed by atoms with Crippen molar-refractivity contribution in [1.82, 2.24) is 9.78 Å². The largest absolute Gasteiger partial charge is 0.416 e. The molecule has 8 heteroatoms. The number of aromatic nitrogens is 2. The van der Waals surface area contributed by atoms with Crippen LogP contribution < -0.4 is 11.1 Å². The minimum atomic E-state index is -4.43. The van der Waals surface area contributed by atoms with Crippen molar-refractivity contribution in [3.05, 3.63) is 42.2 Å².